The summed E-state index contributed by atoms with van der Waals surface area (Å²) in [5.74, 6) is -0.753. The third kappa shape index (κ3) is 4.98. The van der Waals surface area contributed by atoms with Crippen molar-refractivity contribution in [3.63, 3.8) is 0 Å². The highest BCUT2D eigenvalue weighted by Gasteiger charge is 2.18. The highest BCUT2D eigenvalue weighted by Crippen LogP contribution is 2.26. The Morgan fingerprint density at radius 1 is 1.04 bits per heavy atom. The van der Waals surface area contributed by atoms with Crippen LogP contribution in [0.2, 0.25) is 0 Å². The van der Waals surface area contributed by atoms with Gasteiger partial charge in [0, 0.05) is 17.1 Å². The highest BCUT2D eigenvalue weighted by molar-refractivity contribution is 8.00. The molecule has 2 aromatic rings. The number of halogens is 1. The van der Waals surface area contributed by atoms with E-state index in [2.05, 4.69) is 16.9 Å². The monoisotopic (exact) mass is 373 g/mol. The number of para-hydroxylation sites is 1. The van der Waals surface area contributed by atoms with Crippen LogP contribution in [-0.2, 0) is 16.0 Å². The molecular formula is C19H20FN3O2S. The van der Waals surface area contributed by atoms with Crippen molar-refractivity contribution in [1.82, 2.24) is 10.9 Å². The number of amides is 2. The van der Waals surface area contributed by atoms with Crippen molar-refractivity contribution < 1.29 is 14.0 Å². The topological polar surface area (TPSA) is 61.4 Å². The maximum Gasteiger partial charge on any atom is 0.257 e. The molecule has 3 rings (SSSR count). The lowest BCUT2D eigenvalue weighted by Gasteiger charge is -2.30. The third-order valence-electron chi connectivity index (χ3n) is 4.07. The van der Waals surface area contributed by atoms with Gasteiger partial charge in [0.25, 0.3) is 5.91 Å². The quantitative estimate of drug-likeness (QED) is 0.625. The van der Waals surface area contributed by atoms with Crippen LogP contribution in [0.15, 0.2) is 53.4 Å². The number of hydrogen-bond acceptors (Lipinski definition) is 4. The first-order valence-corrected chi connectivity index (χ1v) is 9.39. The largest absolute Gasteiger partial charge is 0.362 e. The van der Waals surface area contributed by atoms with Crippen LogP contribution in [0.5, 0.6) is 0 Å². The van der Waals surface area contributed by atoms with Gasteiger partial charge in [-0.1, -0.05) is 18.2 Å². The van der Waals surface area contributed by atoms with Crippen molar-refractivity contribution in [2.75, 3.05) is 23.7 Å². The summed E-state index contributed by atoms with van der Waals surface area (Å²) in [7, 11) is 0. The van der Waals surface area contributed by atoms with Crippen LogP contribution in [0.4, 0.5) is 10.1 Å². The molecular weight excluding hydrogens is 353 g/mol. The summed E-state index contributed by atoms with van der Waals surface area (Å²) in [6.07, 6.45) is 2.02. The lowest BCUT2D eigenvalue weighted by Crippen LogP contribution is -2.47. The van der Waals surface area contributed by atoms with E-state index in [0.29, 0.717) is 0 Å². The normalized spacial score (nSPS) is 13.0. The van der Waals surface area contributed by atoms with Gasteiger partial charge >= 0.3 is 0 Å². The smallest absolute Gasteiger partial charge is 0.257 e. The number of hydrogen-bond donors (Lipinski definition) is 2. The fraction of sp³-hybridized carbons (Fsp3) is 0.263. The Hall–Kier alpha value is -2.54. The standard InChI is InChI=1S/C19H20FN3O2S/c20-15-7-9-16(10-8-15)26-13-19(25)22-21-18(24)12-23-11-3-5-14-4-1-2-6-17(14)23/h1-2,4,6-10H,3,5,11-13H2,(H,21,24)(H,22,25). The molecule has 1 heterocycles. The second-order valence-electron chi connectivity index (χ2n) is 5.99. The van der Waals surface area contributed by atoms with Gasteiger partial charge in [-0.15, -0.1) is 11.8 Å². The SMILES string of the molecule is O=C(CSc1ccc(F)cc1)NNC(=O)CN1CCCc2ccccc21. The average Bonchev–Trinajstić information content (AvgIpc) is 2.66. The minimum absolute atomic E-state index is 0.137. The minimum Gasteiger partial charge on any atom is -0.362 e. The predicted molar refractivity (Wildman–Crippen MR) is 100 cm³/mol. The van der Waals surface area contributed by atoms with Crippen molar-refractivity contribution in [1.29, 1.82) is 0 Å². The van der Waals surface area contributed by atoms with Crippen LogP contribution in [0.1, 0.15) is 12.0 Å². The van der Waals surface area contributed by atoms with Crippen molar-refractivity contribution in [3.05, 3.63) is 59.9 Å². The number of nitrogens with one attached hydrogen (secondary N) is 2. The third-order valence-corrected chi connectivity index (χ3v) is 5.08. The molecule has 2 amide bonds. The van der Waals surface area contributed by atoms with E-state index in [1.807, 2.05) is 23.1 Å². The zero-order valence-corrected chi connectivity index (χ0v) is 15.0. The van der Waals surface area contributed by atoms with Gasteiger partial charge in [-0.25, -0.2) is 4.39 Å². The van der Waals surface area contributed by atoms with Crippen molar-refractivity contribution in [3.8, 4) is 0 Å². The van der Waals surface area contributed by atoms with Crippen LogP contribution in [0.3, 0.4) is 0 Å². The average molecular weight is 373 g/mol. The molecule has 0 saturated heterocycles. The first kappa shape index (κ1) is 18.3. The van der Waals surface area contributed by atoms with Crippen LogP contribution in [0.25, 0.3) is 0 Å². The Morgan fingerprint density at radius 3 is 2.58 bits per heavy atom. The van der Waals surface area contributed by atoms with E-state index >= 15 is 0 Å². The maximum absolute atomic E-state index is 12.8. The molecule has 0 spiro atoms. The Bertz CT molecular complexity index is 783. The van der Waals surface area contributed by atoms with E-state index in [4.69, 9.17) is 0 Å². The Balaban J connectivity index is 1.43. The van der Waals surface area contributed by atoms with Gasteiger partial charge in [0.05, 0.1) is 12.3 Å². The maximum atomic E-state index is 12.8. The first-order valence-electron chi connectivity index (χ1n) is 8.41. The molecule has 2 aromatic carbocycles. The molecule has 1 aliphatic heterocycles. The van der Waals surface area contributed by atoms with Gasteiger partial charge in [-0.2, -0.15) is 0 Å². The number of benzene rings is 2. The number of aryl methyl sites for hydroxylation is 1. The van der Waals surface area contributed by atoms with Gasteiger partial charge in [-0.05, 0) is 48.7 Å². The van der Waals surface area contributed by atoms with E-state index in [1.54, 1.807) is 12.1 Å². The molecule has 0 unspecified atom stereocenters. The molecule has 2 N–H and O–H groups in total. The van der Waals surface area contributed by atoms with Crippen molar-refractivity contribution in [2.24, 2.45) is 0 Å². The lowest BCUT2D eigenvalue weighted by molar-refractivity contribution is -0.126. The van der Waals surface area contributed by atoms with E-state index in [9.17, 15) is 14.0 Å². The fourth-order valence-corrected chi connectivity index (χ4v) is 3.54. The number of rotatable bonds is 5. The molecule has 0 aliphatic carbocycles. The number of carbonyl (C=O) groups is 2. The van der Waals surface area contributed by atoms with Crippen LogP contribution < -0.4 is 15.8 Å². The lowest BCUT2D eigenvalue weighted by atomic mass is 10.0. The van der Waals surface area contributed by atoms with Crippen LogP contribution in [0, 0.1) is 5.82 Å². The van der Waals surface area contributed by atoms with E-state index in [1.165, 1.54) is 29.5 Å². The molecule has 0 fully saturated rings. The molecule has 0 radical (unpaired) electrons. The van der Waals surface area contributed by atoms with E-state index in [-0.39, 0.29) is 29.9 Å². The molecule has 1 aliphatic rings. The summed E-state index contributed by atoms with van der Waals surface area (Å²) >= 11 is 1.27. The molecule has 0 atom stereocenters. The van der Waals surface area contributed by atoms with E-state index in [0.717, 1.165) is 30.0 Å². The Labute approximate surface area is 155 Å². The van der Waals surface area contributed by atoms with Crippen molar-refractivity contribution >= 4 is 29.3 Å². The summed E-state index contributed by atoms with van der Waals surface area (Å²) in [5, 5.41) is 0. The second-order valence-corrected chi connectivity index (χ2v) is 7.04. The zero-order chi connectivity index (χ0) is 18.4. The number of fused-ring (bicyclic) bond motifs is 1. The summed E-state index contributed by atoms with van der Waals surface area (Å²) in [5.41, 5.74) is 7.19. The van der Waals surface area contributed by atoms with E-state index < -0.39 is 0 Å². The summed E-state index contributed by atoms with van der Waals surface area (Å²) in [6, 6.07) is 14.0. The van der Waals surface area contributed by atoms with Gasteiger partial charge < -0.3 is 4.90 Å². The van der Waals surface area contributed by atoms with Gasteiger partial charge in [0.15, 0.2) is 0 Å². The molecule has 7 heteroatoms. The summed E-state index contributed by atoms with van der Waals surface area (Å²) in [6.45, 7) is 1.02. The number of carbonyl (C=O) groups excluding carboxylic acids is 2. The molecule has 0 bridgehead atoms. The summed E-state index contributed by atoms with van der Waals surface area (Å²) in [4.78, 5) is 26.8. The number of anilines is 1. The van der Waals surface area contributed by atoms with Gasteiger partial charge in [0.1, 0.15) is 5.82 Å². The first-order chi connectivity index (χ1) is 12.6. The summed E-state index contributed by atoms with van der Waals surface area (Å²) < 4.78 is 12.8. The van der Waals surface area contributed by atoms with Gasteiger partial charge in [0.2, 0.25) is 5.91 Å². The van der Waals surface area contributed by atoms with Crippen LogP contribution in [-0.4, -0.2) is 30.7 Å². The molecule has 0 saturated carbocycles. The van der Waals surface area contributed by atoms with Crippen molar-refractivity contribution in [2.45, 2.75) is 17.7 Å². The highest BCUT2D eigenvalue weighted by atomic mass is 32.2. The molecule has 136 valence electrons. The minimum atomic E-state index is -0.314. The number of nitrogens with zero attached hydrogens (tertiary/aromatic N) is 1. The fourth-order valence-electron chi connectivity index (χ4n) is 2.84. The number of thioether (sulfide) groups is 1. The van der Waals surface area contributed by atoms with Crippen LogP contribution >= 0.6 is 11.8 Å². The molecule has 5 nitrogen and oxygen atoms in total. The Kier molecular flexibility index (Phi) is 6.12. The number of hydrazine groups is 1. The predicted octanol–water partition coefficient (Wildman–Crippen LogP) is 2.52. The molecule has 0 aromatic heterocycles. The second kappa shape index (κ2) is 8.71. The zero-order valence-electron chi connectivity index (χ0n) is 14.2. The Morgan fingerprint density at radius 2 is 1.77 bits per heavy atom. The molecule has 26 heavy (non-hydrogen) atoms. The van der Waals surface area contributed by atoms with Gasteiger partial charge in [-0.3, -0.25) is 20.4 Å².